The monoisotopic (exact) mass is 357 g/mol. The minimum absolute atomic E-state index is 0.0745. The smallest absolute Gasteiger partial charge is 0.277 e. The molecule has 0 atom stereocenters. The second-order valence-corrected chi connectivity index (χ2v) is 6.04. The van der Waals surface area contributed by atoms with E-state index < -0.39 is 4.92 Å². The molecule has 0 fully saturated rings. The number of nitro benzene ring substituents is 1. The van der Waals surface area contributed by atoms with Gasteiger partial charge in [-0.15, -0.1) is 10.2 Å². The molecule has 126 valence electrons. The summed E-state index contributed by atoms with van der Waals surface area (Å²) >= 11 is 1.25. The number of nitro groups is 1. The topological polar surface area (TPSA) is 101 Å². The Morgan fingerprint density at radius 3 is 2.84 bits per heavy atom. The van der Waals surface area contributed by atoms with Crippen LogP contribution in [0.25, 0.3) is 11.5 Å². The van der Waals surface area contributed by atoms with Crippen molar-refractivity contribution >= 4 is 17.4 Å². The van der Waals surface area contributed by atoms with Gasteiger partial charge in [0.2, 0.25) is 12.7 Å². The van der Waals surface area contributed by atoms with Crippen LogP contribution in [0.3, 0.4) is 0 Å². The van der Waals surface area contributed by atoms with E-state index in [0.29, 0.717) is 39.5 Å². The van der Waals surface area contributed by atoms with Crippen molar-refractivity contribution in [2.75, 3.05) is 6.79 Å². The second kappa shape index (κ2) is 6.44. The van der Waals surface area contributed by atoms with Gasteiger partial charge in [-0.3, -0.25) is 10.1 Å². The Kier molecular flexibility index (Phi) is 3.98. The number of rotatable bonds is 5. The van der Waals surface area contributed by atoms with E-state index in [1.54, 1.807) is 36.4 Å². The van der Waals surface area contributed by atoms with Crippen LogP contribution in [0.5, 0.6) is 11.5 Å². The molecule has 0 spiro atoms. The van der Waals surface area contributed by atoms with Crippen molar-refractivity contribution in [3.63, 3.8) is 0 Å². The van der Waals surface area contributed by atoms with E-state index >= 15 is 0 Å². The van der Waals surface area contributed by atoms with Gasteiger partial charge in [0.05, 0.1) is 4.92 Å². The fourth-order valence-electron chi connectivity index (χ4n) is 2.36. The molecule has 4 rings (SSSR count). The Morgan fingerprint density at radius 2 is 1.96 bits per heavy atom. The van der Waals surface area contributed by atoms with Crippen LogP contribution in [0.4, 0.5) is 5.69 Å². The number of benzene rings is 2. The summed E-state index contributed by atoms with van der Waals surface area (Å²) in [7, 11) is 0. The van der Waals surface area contributed by atoms with Crippen molar-refractivity contribution in [1.29, 1.82) is 0 Å². The van der Waals surface area contributed by atoms with Gasteiger partial charge in [0, 0.05) is 22.9 Å². The molecule has 0 N–H and O–H groups in total. The average molecular weight is 357 g/mol. The molecule has 0 bridgehead atoms. The molecule has 3 aromatic rings. The molecule has 1 aliphatic rings. The van der Waals surface area contributed by atoms with Crippen LogP contribution in [0, 0.1) is 10.1 Å². The fourth-order valence-corrected chi connectivity index (χ4v) is 3.12. The van der Waals surface area contributed by atoms with E-state index in [1.165, 1.54) is 17.8 Å². The number of nitrogens with zero attached hydrogens (tertiary/aromatic N) is 3. The number of ether oxygens (including phenoxy) is 2. The van der Waals surface area contributed by atoms with Crippen LogP contribution in [0.2, 0.25) is 0 Å². The molecular weight excluding hydrogens is 346 g/mol. The Bertz CT molecular complexity index is 943. The van der Waals surface area contributed by atoms with E-state index in [-0.39, 0.29) is 12.5 Å². The third kappa shape index (κ3) is 3.13. The van der Waals surface area contributed by atoms with Crippen LogP contribution < -0.4 is 9.47 Å². The molecule has 8 nitrogen and oxygen atoms in total. The van der Waals surface area contributed by atoms with Gasteiger partial charge < -0.3 is 13.9 Å². The van der Waals surface area contributed by atoms with Crippen molar-refractivity contribution < 1.29 is 18.8 Å². The maximum atomic E-state index is 11.0. The minimum Gasteiger partial charge on any atom is -0.454 e. The largest absolute Gasteiger partial charge is 0.454 e. The molecule has 9 heteroatoms. The summed E-state index contributed by atoms with van der Waals surface area (Å²) in [4.78, 5) is 10.6. The first-order valence-electron chi connectivity index (χ1n) is 7.29. The van der Waals surface area contributed by atoms with Crippen molar-refractivity contribution in [2.24, 2.45) is 0 Å². The first-order chi connectivity index (χ1) is 12.2. The number of thioether (sulfide) groups is 1. The Balaban J connectivity index is 1.50. The lowest BCUT2D eigenvalue weighted by molar-refractivity contribution is -0.385. The average Bonchev–Trinajstić information content (AvgIpc) is 3.28. The summed E-state index contributed by atoms with van der Waals surface area (Å²) in [6, 6.07) is 11.9. The van der Waals surface area contributed by atoms with Crippen LogP contribution in [-0.2, 0) is 5.75 Å². The van der Waals surface area contributed by atoms with Gasteiger partial charge in [-0.25, -0.2) is 0 Å². The third-order valence-corrected chi connectivity index (χ3v) is 4.43. The normalized spacial score (nSPS) is 12.3. The van der Waals surface area contributed by atoms with Gasteiger partial charge in [-0.2, -0.15) is 0 Å². The molecule has 2 heterocycles. The molecule has 0 unspecified atom stereocenters. The first-order valence-corrected chi connectivity index (χ1v) is 8.28. The van der Waals surface area contributed by atoms with E-state index in [1.807, 2.05) is 0 Å². The molecule has 0 aliphatic carbocycles. The molecular formula is C16H11N3O5S. The number of aromatic nitrogens is 2. The first kappa shape index (κ1) is 15.5. The number of hydrogen-bond donors (Lipinski definition) is 0. The highest BCUT2D eigenvalue weighted by Crippen LogP contribution is 2.36. The number of para-hydroxylation sites is 1. The number of fused-ring (bicyclic) bond motifs is 1. The van der Waals surface area contributed by atoms with Crippen molar-refractivity contribution in [3.05, 3.63) is 58.1 Å². The highest BCUT2D eigenvalue weighted by molar-refractivity contribution is 7.98. The van der Waals surface area contributed by atoms with Crippen molar-refractivity contribution in [2.45, 2.75) is 11.0 Å². The Morgan fingerprint density at radius 1 is 1.12 bits per heavy atom. The SMILES string of the molecule is O=[N+]([O-])c1ccccc1CSc1nnc(-c2ccc3c(c2)OCO3)o1. The van der Waals surface area contributed by atoms with Gasteiger partial charge in [0.25, 0.3) is 10.9 Å². The second-order valence-electron chi connectivity index (χ2n) is 5.12. The molecule has 1 aliphatic heterocycles. The zero-order valence-electron chi connectivity index (χ0n) is 12.7. The lowest BCUT2D eigenvalue weighted by Crippen LogP contribution is -1.93. The van der Waals surface area contributed by atoms with Crippen LogP contribution in [-0.4, -0.2) is 21.9 Å². The van der Waals surface area contributed by atoms with Gasteiger partial charge in [-0.1, -0.05) is 30.0 Å². The van der Waals surface area contributed by atoms with Gasteiger partial charge >= 0.3 is 0 Å². The lowest BCUT2D eigenvalue weighted by atomic mass is 10.2. The van der Waals surface area contributed by atoms with Crippen LogP contribution >= 0.6 is 11.8 Å². The maximum Gasteiger partial charge on any atom is 0.277 e. The van der Waals surface area contributed by atoms with Gasteiger partial charge in [0.1, 0.15) is 0 Å². The highest BCUT2D eigenvalue weighted by atomic mass is 32.2. The van der Waals surface area contributed by atoms with E-state index in [4.69, 9.17) is 13.9 Å². The molecule has 0 saturated carbocycles. The zero-order valence-corrected chi connectivity index (χ0v) is 13.6. The Hall–Kier alpha value is -3.07. The standard InChI is InChI=1S/C16H11N3O5S/c20-19(21)12-4-2-1-3-11(12)8-25-16-18-17-15(24-16)10-5-6-13-14(7-10)23-9-22-13/h1-7H,8-9H2. The minimum atomic E-state index is -0.401. The lowest BCUT2D eigenvalue weighted by Gasteiger charge is -2.00. The number of hydrogen-bond acceptors (Lipinski definition) is 8. The highest BCUT2D eigenvalue weighted by Gasteiger charge is 2.18. The molecule has 0 radical (unpaired) electrons. The van der Waals surface area contributed by atoms with Crippen molar-refractivity contribution in [3.8, 4) is 23.0 Å². The quantitative estimate of drug-likeness (QED) is 0.387. The van der Waals surface area contributed by atoms with E-state index in [9.17, 15) is 10.1 Å². The van der Waals surface area contributed by atoms with Crippen molar-refractivity contribution in [1.82, 2.24) is 10.2 Å². The summed E-state index contributed by atoms with van der Waals surface area (Å²) in [6.07, 6.45) is 0. The zero-order chi connectivity index (χ0) is 17.2. The molecule has 1 aromatic heterocycles. The maximum absolute atomic E-state index is 11.0. The van der Waals surface area contributed by atoms with Gasteiger partial charge in [-0.05, 0) is 18.2 Å². The van der Waals surface area contributed by atoms with E-state index in [2.05, 4.69) is 10.2 Å². The molecule has 0 saturated heterocycles. The van der Waals surface area contributed by atoms with E-state index in [0.717, 1.165) is 0 Å². The van der Waals surface area contributed by atoms with Gasteiger partial charge in [0.15, 0.2) is 11.5 Å². The van der Waals surface area contributed by atoms with Crippen LogP contribution in [0.15, 0.2) is 52.1 Å². The van der Waals surface area contributed by atoms with Crippen LogP contribution in [0.1, 0.15) is 5.56 Å². The fraction of sp³-hybridized carbons (Fsp3) is 0.125. The summed E-state index contributed by atoms with van der Waals surface area (Å²) in [5.74, 6) is 2.02. The predicted molar refractivity (Wildman–Crippen MR) is 88.5 cm³/mol. The summed E-state index contributed by atoms with van der Waals surface area (Å²) < 4.78 is 16.2. The Labute approximate surface area is 145 Å². The third-order valence-electron chi connectivity index (χ3n) is 3.57. The molecule has 2 aromatic carbocycles. The predicted octanol–water partition coefficient (Wildman–Crippen LogP) is 3.67. The summed E-state index contributed by atoms with van der Waals surface area (Å²) in [5.41, 5.74) is 1.39. The summed E-state index contributed by atoms with van der Waals surface area (Å²) in [5, 5.41) is 19.4. The molecule has 0 amide bonds. The summed E-state index contributed by atoms with van der Waals surface area (Å²) in [6.45, 7) is 0.194. The molecule has 25 heavy (non-hydrogen) atoms.